The summed E-state index contributed by atoms with van der Waals surface area (Å²) in [6.45, 7) is 8.68. The molecule has 9 nitrogen and oxygen atoms in total. The highest BCUT2D eigenvalue weighted by Crippen LogP contribution is 2.30. The van der Waals surface area contributed by atoms with Gasteiger partial charge < -0.3 is 18.8 Å². The number of fused-ring (bicyclic) bond motifs is 3. The number of anilines is 1. The van der Waals surface area contributed by atoms with Gasteiger partial charge in [0.15, 0.2) is 0 Å². The molecule has 46 heavy (non-hydrogen) atoms. The van der Waals surface area contributed by atoms with Crippen LogP contribution in [0.15, 0.2) is 85.2 Å². The SMILES string of the molecule is CCOC(=O)/C=C(\c1cnc2ccccc2c1)n1ccc2cc(OCCc3ccc4c(n3)N(C(=O)OC(C)(C)C)CCC4)ccc21. The molecule has 0 radical (unpaired) electrons. The number of nitrogens with zero attached hydrogens (tertiary/aromatic N) is 4. The fourth-order valence-corrected chi connectivity index (χ4v) is 5.61. The van der Waals surface area contributed by atoms with E-state index in [9.17, 15) is 9.59 Å². The maximum Gasteiger partial charge on any atom is 0.416 e. The second-order valence-corrected chi connectivity index (χ2v) is 12.2. The first-order chi connectivity index (χ1) is 22.2. The lowest BCUT2D eigenvalue weighted by molar-refractivity contribution is -0.137. The Bertz CT molecular complexity index is 1940. The number of hydrogen-bond acceptors (Lipinski definition) is 7. The number of carbonyl (C=O) groups is 2. The van der Waals surface area contributed by atoms with Crippen LogP contribution in [0.2, 0.25) is 0 Å². The van der Waals surface area contributed by atoms with Crippen molar-refractivity contribution < 1.29 is 23.8 Å². The summed E-state index contributed by atoms with van der Waals surface area (Å²) in [5.74, 6) is 0.980. The van der Waals surface area contributed by atoms with Crippen molar-refractivity contribution in [3.05, 3.63) is 102 Å². The molecule has 3 aromatic heterocycles. The predicted octanol–water partition coefficient (Wildman–Crippen LogP) is 7.35. The number of pyridine rings is 2. The zero-order chi connectivity index (χ0) is 32.3. The van der Waals surface area contributed by atoms with Gasteiger partial charge in [-0.15, -0.1) is 0 Å². The van der Waals surface area contributed by atoms with E-state index in [1.807, 2.05) is 92.2 Å². The quantitative estimate of drug-likeness (QED) is 0.133. The molecular weight excluding hydrogens is 580 g/mol. The Kier molecular flexibility index (Phi) is 8.74. The highest BCUT2D eigenvalue weighted by Gasteiger charge is 2.28. The Morgan fingerprint density at radius 2 is 1.85 bits per heavy atom. The lowest BCUT2D eigenvalue weighted by Crippen LogP contribution is -2.40. The van der Waals surface area contributed by atoms with E-state index in [-0.39, 0.29) is 12.7 Å². The Balaban J connectivity index is 1.19. The van der Waals surface area contributed by atoms with Gasteiger partial charge in [0.2, 0.25) is 0 Å². The molecule has 1 amide bonds. The minimum absolute atomic E-state index is 0.286. The van der Waals surface area contributed by atoms with Crippen molar-refractivity contribution in [2.75, 3.05) is 24.7 Å². The summed E-state index contributed by atoms with van der Waals surface area (Å²) in [4.78, 5) is 36.6. The van der Waals surface area contributed by atoms with E-state index < -0.39 is 11.6 Å². The molecule has 9 heteroatoms. The van der Waals surface area contributed by atoms with Crippen molar-refractivity contribution in [2.24, 2.45) is 0 Å². The van der Waals surface area contributed by atoms with Gasteiger partial charge in [-0.05, 0) is 88.6 Å². The maximum atomic E-state index is 12.9. The number of rotatable bonds is 8. The van der Waals surface area contributed by atoms with Crippen molar-refractivity contribution in [3.63, 3.8) is 0 Å². The third-order valence-electron chi connectivity index (χ3n) is 7.69. The van der Waals surface area contributed by atoms with Crippen molar-refractivity contribution in [1.82, 2.24) is 14.5 Å². The molecule has 0 bridgehead atoms. The Hall–Kier alpha value is -5.18. The first-order valence-electron chi connectivity index (χ1n) is 15.7. The first-order valence-corrected chi connectivity index (χ1v) is 15.7. The summed E-state index contributed by atoms with van der Waals surface area (Å²) >= 11 is 0. The largest absolute Gasteiger partial charge is 0.493 e. The van der Waals surface area contributed by atoms with Crippen LogP contribution in [0, 0.1) is 0 Å². The van der Waals surface area contributed by atoms with E-state index in [2.05, 4.69) is 11.1 Å². The average molecular weight is 619 g/mol. The number of benzene rings is 2. The van der Waals surface area contributed by atoms with Gasteiger partial charge in [-0.25, -0.2) is 14.6 Å². The van der Waals surface area contributed by atoms with Gasteiger partial charge in [0, 0.05) is 53.5 Å². The van der Waals surface area contributed by atoms with Crippen LogP contribution in [0.25, 0.3) is 27.5 Å². The van der Waals surface area contributed by atoms with Gasteiger partial charge in [-0.2, -0.15) is 0 Å². The Labute approximate surface area is 268 Å². The van der Waals surface area contributed by atoms with Gasteiger partial charge in [0.25, 0.3) is 0 Å². The molecule has 5 aromatic rings. The number of para-hydroxylation sites is 1. The third kappa shape index (κ3) is 6.88. The van der Waals surface area contributed by atoms with E-state index in [1.54, 1.807) is 18.0 Å². The molecule has 236 valence electrons. The molecule has 0 saturated carbocycles. The smallest absolute Gasteiger partial charge is 0.416 e. The number of aryl methyl sites for hydroxylation is 1. The molecule has 6 rings (SSSR count). The van der Waals surface area contributed by atoms with Crippen LogP contribution < -0.4 is 9.64 Å². The Morgan fingerprint density at radius 1 is 1.00 bits per heavy atom. The summed E-state index contributed by atoms with van der Waals surface area (Å²) in [5.41, 5.74) is 4.58. The lowest BCUT2D eigenvalue weighted by atomic mass is 10.1. The maximum absolute atomic E-state index is 12.9. The summed E-state index contributed by atoms with van der Waals surface area (Å²) in [6, 6.07) is 21.8. The number of aromatic nitrogens is 3. The fourth-order valence-electron chi connectivity index (χ4n) is 5.61. The molecule has 1 aliphatic rings. The minimum atomic E-state index is -0.575. The summed E-state index contributed by atoms with van der Waals surface area (Å²) in [5, 5.41) is 1.94. The second kappa shape index (κ2) is 13.0. The van der Waals surface area contributed by atoms with Crippen LogP contribution in [-0.4, -0.2) is 52.0 Å². The topological polar surface area (TPSA) is 95.8 Å². The molecule has 0 N–H and O–H groups in total. The molecular formula is C37H38N4O5. The van der Waals surface area contributed by atoms with Crippen LogP contribution in [0.5, 0.6) is 5.75 Å². The first kappa shape index (κ1) is 30.8. The number of amides is 1. The van der Waals surface area contributed by atoms with Crippen molar-refractivity contribution >= 4 is 45.4 Å². The molecule has 0 spiro atoms. The van der Waals surface area contributed by atoms with Crippen LogP contribution in [0.1, 0.15) is 50.9 Å². The molecule has 0 unspecified atom stereocenters. The summed E-state index contributed by atoms with van der Waals surface area (Å²) in [7, 11) is 0. The Morgan fingerprint density at radius 3 is 2.67 bits per heavy atom. The van der Waals surface area contributed by atoms with E-state index in [1.165, 1.54) is 6.08 Å². The van der Waals surface area contributed by atoms with Crippen LogP contribution >= 0.6 is 0 Å². The van der Waals surface area contributed by atoms with Crippen molar-refractivity contribution in [1.29, 1.82) is 0 Å². The van der Waals surface area contributed by atoms with E-state index >= 15 is 0 Å². The van der Waals surface area contributed by atoms with Gasteiger partial charge in [0.05, 0.1) is 29.9 Å². The molecule has 0 fully saturated rings. The predicted molar refractivity (Wildman–Crippen MR) is 179 cm³/mol. The molecule has 2 aromatic carbocycles. The van der Waals surface area contributed by atoms with Crippen LogP contribution in [-0.2, 0) is 27.1 Å². The number of esters is 1. The second-order valence-electron chi connectivity index (χ2n) is 12.2. The summed E-state index contributed by atoms with van der Waals surface area (Å²) < 4.78 is 19.0. The fraction of sp³-hybridized carbons (Fsp3) is 0.297. The number of hydrogen-bond donors (Lipinski definition) is 0. The highest BCUT2D eigenvalue weighted by molar-refractivity contribution is 5.96. The highest BCUT2D eigenvalue weighted by atomic mass is 16.6. The molecule has 1 aliphatic heterocycles. The molecule has 0 aliphatic carbocycles. The van der Waals surface area contributed by atoms with E-state index in [4.69, 9.17) is 19.2 Å². The standard InChI is InChI=1S/C37H38N4O5/c1-5-44-34(42)23-33(28-21-26-9-6-7-11-31(26)38-24-28)40-19-16-27-22-30(14-15-32(27)40)45-20-17-29-13-12-25-10-8-18-41(35(25)39-29)36(43)46-37(2,3)4/h6-7,9,11-16,19,21-24H,5,8,10,17-18,20H2,1-4H3/b33-23+. The van der Waals surface area contributed by atoms with Gasteiger partial charge in [-0.3, -0.25) is 9.88 Å². The zero-order valence-corrected chi connectivity index (χ0v) is 26.7. The van der Waals surface area contributed by atoms with Crippen molar-refractivity contribution in [3.8, 4) is 5.75 Å². The zero-order valence-electron chi connectivity index (χ0n) is 26.7. The normalized spacial score (nSPS) is 13.5. The van der Waals surface area contributed by atoms with E-state index in [0.717, 1.165) is 57.2 Å². The lowest BCUT2D eigenvalue weighted by Gasteiger charge is -2.31. The minimum Gasteiger partial charge on any atom is -0.493 e. The van der Waals surface area contributed by atoms with Crippen LogP contribution in [0.3, 0.4) is 0 Å². The molecule has 0 saturated heterocycles. The van der Waals surface area contributed by atoms with Crippen molar-refractivity contribution in [2.45, 2.75) is 52.6 Å². The third-order valence-corrected chi connectivity index (χ3v) is 7.69. The van der Waals surface area contributed by atoms with Gasteiger partial charge in [0.1, 0.15) is 17.2 Å². The molecule has 4 heterocycles. The average Bonchev–Trinajstić information content (AvgIpc) is 3.45. The van der Waals surface area contributed by atoms with E-state index in [0.29, 0.717) is 31.1 Å². The molecule has 0 atom stereocenters. The van der Waals surface area contributed by atoms with Gasteiger partial charge >= 0.3 is 12.1 Å². The van der Waals surface area contributed by atoms with Gasteiger partial charge in [-0.1, -0.05) is 24.3 Å². The number of carbonyl (C=O) groups excluding carboxylic acids is 2. The monoisotopic (exact) mass is 618 g/mol. The summed E-state index contributed by atoms with van der Waals surface area (Å²) in [6.07, 6.45) is 7.18. The van der Waals surface area contributed by atoms with Crippen LogP contribution in [0.4, 0.5) is 10.6 Å². The number of ether oxygens (including phenoxy) is 3.